The monoisotopic (exact) mass is 339 g/mol. The van der Waals surface area contributed by atoms with E-state index in [9.17, 15) is 9.90 Å². The lowest BCUT2D eigenvalue weighted by Crippen LogP contribution is -2.30. The fourth-order valence-electron chi connectivity index (χ4n) is 1.72. The van der Waals surface area contributed by atoms with Gasteiger partial charge in [0, 0.05) is 0 Å². The van der Waals surface area contributed by atoms with Crippen LogP contribution in [0.25, 0.3) is 0 Å². The highest BCUT2D eigenvalue weighted by atomic mass is 79.9. The zero-order valence-corrected chi connectivity index (χ0v) is 12.8. The van der Waals surface area contributed by atoms with Crippen LogP contribution in [0.2, 0.25) is 0 Å². The number of thiophene rings is 1. The van der Waals surface area contributed by atoms with Crippen LogP contribution in [-0.4, -0.2) is 17.6 Å². The van der Waals surface area contributed by atoms with Crippen LogP contribution in [-0.2, 0) is 0 Å². The number of nitrogens with one attached hydrogen (secondary N) is 1. The average molecular weight is 340 g/mol. The van der Waals surface area contributed by atoms with E-state index in [1.165, 1.54) is 11.3 Å². The first-order valence-electron chi connectivity index (χ1n) is 5.84. The van der Waals surface area contributed by atoms with Gasteiger partial charge in [-0.3, -0.25) is 4.79 Å². The predicted octanol–water partition coefficient (Wildman–Crippen LogP) is 3.28. The number of hydrogen-bond acceptors (Lipinski definition) is 3. The second-order valence-corrected chi connectivity index (χ2v) is 6.56. The first-order valence-corrected chi connectivity index (χ1v) is 7.45. The van der Waals surface area contributed by atoms with Gasteiger partial charge in [-0.2, -0.15) is 0 Å². The number of halogens is 1. The summed E-state index contributed by atoms with van der Waals surface area (Å²) in [4.78, 5) is 12.8. The Kier molecular flexibility index (Phi) is 4.74. The summed E-state index contributed by atoms with van der Waals surface area (Å²) in [6.45, 7) is 1.82. The topological polar surface area (TPSA) is 49.3 Å². The van der Waals surface area contributed by atoms with Crippen molar-refractivity contribution >= 4 is 33.2 Å². The van der Waals surface area contributed by atoms with Crippen LogP contribution >= 0.6 is 27.3 Å². The quantitative estimate of drug-likeness (QED) is 0.897. The van der Waals surface area contributed by atoms with Crippen LogP contribution in [0.15, 0.2) is 40.2 Å². The summed E-state index contributed by atoms with van der Waals surface area (Å²) in [6, 6.07) is 10.9. The van der Waals surface area contributed by atoms with Crippen molar-refractivity contribution in [3.63, 3.8) is 0 Å². The number of carbonyl (C=O) groups is 1. The molecule has 1 heterocycles. The van der Waals surface area contributed by atoms with Crippen LogP contribution in [0, 0.1) is 6.92 Å². The van der Waals surface area contributed by atoms with Gasteiger partial charge in [-0.15, -0.1) is 11.3 Å². The maximum Gasteiger partial charge on any atom is 0.261 e. The van der Waals surface area contributed by atoms with Gasteiger partial charge in [-0.05, 0) is 40.0 Å². The molecule has 3 nitrogen and oxygen atoms in total. The van der Waals surface area contributed by atoms with Crippen molar-refractivity contribution in [3.8, 4) is 0 Å². The molecule has 0 aliphatic carbocycles. The summed E-state index contributed by atoms with van der Waals surface area (Å²) >= 11 is 4.79. The van der Waals surface area contributed by atoms with Gasteiger partial charge in [0.05, 0.1) is 21.3 Å². The maximum absolute atomic E-state index is 12.1. The van der Waals surface area contributed by atoms with E-state index < -0.39 is 0 Å². The third-order valence-corrected chi connectivity index (χ3v) is 4.91. The van der Waals surface area contributed by atoms with E-state index in [1.807, 2.05) is 43.3 Å². The minimum Gasteiger partial charge on any atom is -0.394 e. The minimum absolute atomic E-state index is 0.124. The lowest BCUT2D eigenvalue weighted by molar-refractivity contribution is 0.0920. The van der Waals surface area contributed by atoms with Crippen molar-refractivity contribution in [2.45, 2.75) is 13.0 Å². The molecule has 0 radical (unpaired) electrons. The number of aliphatic hydroxyl groups is 1. The van der Waals surface area contributed by atoms with E-state index in [1.54, 1.807) is 0 Å². The summed E-state index contributed by atoms with van der Waals surface area (Å²) in [7, 11) is 0. The van der Waals surface area contributed by atoms with Crippen molar-refractivity contribution in [3.05, 3.63) is 56.2 Å². The van der Waals surface area contributed by atoms with E-state index in [0.29, 0.717) is 4.88 Å². The van der Waals surface area contributed by atoms with E-state index in [-0.39, 0.29) is 18.6 Å². The average Bonchev–Trinajstić information content (AvgIpc) is 2.77. The summed E-state index contributed by atoms with van der Waals surface area (Å²) < 4.78 is 0.956. The van der Waals surface area contributed by atoms with E-state index >= 15 is 0 Å². The third kappa shape index (κ3) is 3.43. The molecule has 0 saturated heterocycles. The predicted molar refractivity (Wildman–Crippen MR) is 80.5 cm³/mol. The standard InChI is InChI=1S/C14H14BrNO2S/c1-9-7-12(19-13(9)15)14(18)16-11(8-17)10-5-3-2-4-6-10/h2-7,11,17H,8H2,1H3,(H,16,18). The molecule has 0 fully saturated rings. The Morgan fingerprint density at radius 1 is 1.42 bits per heavy atom. The zero-order valence-electron chi connectivity index (χ0n) is 10.4. The number of aryl methyl sites for hydroxylation is 1. The molecule has 2 aromatic rings. The molecule has 0 aliphatic heterocycles. The van der Waals surface area contributed by atoms with E-state index in [2.05, 4.69) is 21.2 Å². The molecule has 100 valence electrons. The van der Waals surface area contributed by atoms with Crippen LogP contribution in [0.3, 0.4) is 0 Å². The Bertz CT molecular complexity index is 549. The summed E-state index contributed by atoms with van der Waals surface area (Å²) in [5.41, 5.74) is 1.93. The van der Waals surface area contributed by atoms with E-state index in [4.69, 9.17) is 0 Å². The summed E-state index contributed by atoms with van der Waals surface area (Å²) in [6.07, 6.45) is 0. The van der Waals surface area contributed by atoms with Gasteiger partial charge in [0.1, 0.15) is 0 Å². The lowest BCUT2D eigenvalue weighted by atomic mass is 10.1. The molecule has 2 rings (SSSR count). The van der Waals surface area contributed by atoms with Gasteiger partial charge in [0.25, 0.3) is 5.91 Å². The van der Waals surface area contributed by atoms with Gasteiger partial charge in [-0.25, -0.2) is 0 Å². The smallest absolute Gasteiger partial charge is 0.261 e. The molecular formula is C14H14BrNO2S. The van der Waals surface area contributed by atoms with Crippen LogP contribution in [0.1, 0.15) is 26.8 Å². The summed E-state index contributed by atoms with van der Waals surface area (Å²) in [5, 5.41) is 12.3. The van der Waals surface area contributed by atoms with Crippen molar-refractivity contribution in [1.82, 2.24) is 5.32 Å². The molecule has 1 atom stereocenters. The number of carbonyl (C=O) groups excluding carboxylic acids is 1. The molecular weight excluding hydrogens is 326 g/mol. The SMILES string of the molecule is Cc1cc(C(=O)NC(CO)c2ccccc2)sc1Br. The summed E-state index contributed by atoms with van der Waals surface area (Å²) in [5.74, 6) is -0.165. The Morgan fingerprint density at radius 2 is 2.11 bits per heavy atom. The van der Waals surface area contributed by atoms with E-state index in [0.717, 1.165) is 14.9 Å². The Hall–Kier alpha value is -1.17. The van der Waals surface area contributed by atoms with Crippen molar-refractivity contribution < 1.29 is 9.90 Å². The van der Waals surface area contributed by atoms with Gasteiger partial charge >= 0.3 is 0 Å². The fourth-order valence-corrected chi connectivity index (χ4v) is 3.16. The lowest BCUT2D eigenvalue weighted by Gasteiger charge is -2.16. The van der Waals surface area contributed by atoms with Gasteiger partial charge in [0.15, 0.2) is 0 Å². The molecule has 0 spiro atoms. The molecule has 19 heavy (non-hydrogen) atoms. The van der Waals surface area contributed by atoms with Crippen molar-refractivity contribution in [2.75, 3.05) is 6.61 Å². The Morgan fingerprint density at radius 3 is 2.63 bits per heavy atom. The first kappa shape index (κ1) is 14.2. The second-order valence-electron chi connectivity index (χ2n) is 4.19. The Balaban J connectivity index is 2.13. The Labute approximate surface area is 124 Å². The number of rotatable bonds is 4. The number of hydrogen-bond donors (Lipinski definition) is 2. The van der Waals surface area contributed by atoms with Crippen LogP contribution in [0.4, 0.5) is 0 Å². The van der Waals surface area contributed by atoms with Crippen LogP contribution < -0.4 is 5.32 Å². The zero-order chi connectivity index (χ0) is 13.8. The van der Waals surface area contributed by atoms with Crippen LogP contribution in [0.5, 0.6) is 0 Å². The molecule has 5 heteroatoms. The number of amides is 1. The largest absolute Gasteiger partial charge is 0.394 e. The molecule has 2 N–H and O–H groups in total. The highest BCUT2D eigenvalue weighted by molar-refractivity contribution is 9.11. The molecule has 0 aliphatic rings. The molecule has 1 amide bonds. The molecule has 1 aromatic carbocycles. The molecule has 0 bridgehead atoms. The van der Waals surface area contributed by atoms with Gasteiger partial charge < -0.3 is 10.4 Å². The number of benzene rings is 1. The highest BCUT2D eigenvalue weighted by Gasteiger charge is 2.17. The molecule has 1 aromatic heterocycles. The van der Waals surface area contributed by atoms with Crippen molar-refractivity contribution in [1.29, 1.82) is 0 Å². The minimum atomic E-state index is -0.380. The highest BCUT2D eigenvalue weighted by Crippen LogP contribution is 2.27. The second kappa shape index (κ2) is 6.32. The fraction of sp³-hybridized carbons (Fsp3) is 0.214. The van der Waals surface area contributed by atoms with Gasteiger partial charge in [0.2, 0.25) is 0 Å². The number of aliphatic hydroxyl groups excluding tert-OH is 1. The molecule has 1 unspecified atom stereocenters. The normalized spacial score (nSPS) is 12.2. The van der Waals surface area contributed by atoms with Crippen molar-refractivity contribution in [2.24, 2.45) is 0 Å². The maximum atomic E-state index is 12.1. The van der Waals surface area contributed by atoms with Gasteiger partial charge in [-0.1, -0.05) is 30.3 Å². The third-order valence-electron chi connectivity index (χ3n) is 2.77. The molecule has 0 saturated carbocycles. The first-order chi connectivity index (χ1) is 9.11.